The number of carbonyl (C=O) groups excluding carboxylic acids is 1. The molecule has 6 nitrogen and oxygen atoms in total. The second-order valence-corrected chi connectivity index (χ2v) is 7.84. The van der Waals surface area contributed by atoms with Crippen molar-refractivity contribution in [1.29, 1.82) is 0 Å². The van der Waals surface area contributed by atoms with Gasteiger partial charge in [-0.05, 0) is 39.8 Å². The van der Waals surface area contributed by atoms with Crippen LogP contribution in [0, 0.1) is 0 Å². The molecule has 1 aromatic rings. The summed E-state index contributed by atoms with van der Waals surface area (Å²) in [6.07, 6.45) is -0.783. The summed E-state index contributed by atoms with van der Waals surface area (Å²) in [6.45, 7) is 6.90. The highest BCUT2D eigenvalue weighted by Gasteiger charge is 2.42. The summed E-state index contributed by atoms with van der Waals surface area (Å²) >= 11 is 5.53. The van der Waals surface area contributed by atoms with E-state index >= 15 is 0 Å². The summed E-state index contributed by atoms with van der Waals surface area (Å²) in [5.41, 5.74) is 0.442. The summed E-state index contributed by atoms with van der Waals surface area (Å²) in [5.74, 6) is -1.79. The van der Waals surface area contributed by atoms with Gasteiger partial charge < -0.3 is 18.5 Å². The van der Waals surface area contributed by atoms with E-state index < -0.39 is 31.6 Å². The number of hydrogen-bond acceptors (Lipinski definition) is 6. The van der Waals surface area contributed by atoms with Crippen LogP contribution >= 0.6 is 19.2 Å². The average Bonchev–Trinajstić information content (AvgIpc) is 2.50. The second kappa shape index (κ2) is 9.42. The Morgan fingerprint density at radius 3 is 2.21 bits per heavy atom. The van der Waals surface area contributed by atoms with Crippen LogP contribution in [0.5, 0.6) is 5.75 Å². The number of alkyl halides is 1. The van der Waals surface area contributed by atoms with Gasteiger partial charge >= 0.3 is 13.6 Å². The molecule has 136 valence electrons. The molecule has 0 amide bonds. The van der Waals surface area contributed by atoms with Crippen molar-refractivity contribution in [2.45, 2.75) is 45.7 Å². The summed E-state index contributed by atoms with van der Waals surface area (Å²) in [4.78, 5) is 11.8. The fraction of sp³-hybridized carbons (Fsp3) is 0.562. The van der Waals surface area contributed by atoms with Crippen molar-refractivity contribution in [1.82, 2.24) is 0 Å². The molecule has 8 heteroatoms. The van der Waals surface area contributed by atoms with Crippen molar-refractivity contribution in [2.24, 2.45) is 0 Å². The molecule has 0 bridgehead atoms. The minimum Gasteiger partial charge on any atom is -0.497 e. The summed E-state index contributed by atoms with van der Waals surface area (Å²) in [7, 11) is -2.31. The molecule has 0 saturated heterocycles. The van der Waals surface area contributed by atoms with Gasteiger partial charge in [0, 0.05) is 5.56 Å². The lowest BCUT2D eigenvalue weighted by molar-refractivity contribution is -0.143. The Bertz CT molecular complexity index is 576. The number of halogens is 1. The molecule has 0 unspecified atom stereocenters. The van der Waals surface area contributed by atoms with Gasteiger partial charge in [-0.2, -0.15) is 0 Å². The zero-order valence-electron chi connectivity index (χ0n) is 14.5. The maximum Gasteiger partial charge on any atom is 0.376 e. The summed E-state index contributed by atoms with van der Waals surface area (Å²) in [5, 5.41) is 0. The topological polar surface area (TPSA) is 71.1 Å². The van der Waals surface area contributed by atoms with Crippen LogP contribution in [0.1, 0.15) is 39.1 Å². The minimum absolute atomic E-state index is 0.371. The molecule has 0 aliphatic rings. The van der Waals surface area contributed by atoms with E-state index in [1.165, 1.54) is 7.11 Å². The van der Waals surface area contributed by atoms with Gasteiger partial charge in [-0.3, -0.25) is 9.36 Å². The van der Waals surface area contributed by atoms with Gasteiger partial charge in [0.25, 0.3) is 0 Å². The van der Waals surface area contributed by atoms with E-state index in [0.717, 1.165) is 0 Å². The predicted molar refractivity (Wildman–Crippen MR) is 92.6 cm³/mol. The molecule has 0 radical (unpaired) electrons. The highest BCUT2D eigenvalue weighted by atomic mass is 35.5. The van der Waals surface area contributed by atoms with Crippen LogP contribution in [0.15, 0.2) is 24.3 Å². The molecule has 1 aromatic carbocycles. The van der Waals surface area contributed by atoms with Crippen LogP contribution in [0.4, 0.5) is 0 Å². The quantitative estimate of drug-likeness (QED) is 0.357. The van der Waals surface area contributed by atoms with Gasteiger partial charge in [0.05, 0.1) is 19.3 Å². The molecule has 0 fully saturated rings. The van der Waals surface area contributed by atoms with Crippen LogP contribution in [-0.2, 0) is 23.1 Å². The van der Waals surface area contributed by atoms with Crippen LogP contribution in [0.25, 0.3) is 0 Å². The lowest BCUT2D eigenvalue weighted by Crippen LogP contribution is -2.19. The lowest BCUT2D eigenvalue weighted by Gasteiger charge is -2.29. The number of methoxy groups -OCH3 is 1. The third kappa shape index (κ3) is 6.10. The normalized spacial score (nSPS) is 13.2. The van der Waals surface area contributed by atoms with Gasteiger partial charge in [-0.1, -0.05) is 12.1 Å². The monoisotopic (exact) mass is 378 g/mol. The van der Waals surface area contributed by atoms with E-state index in [-0.39, 0.29) is 5.88 Å². The van der Waals surface area contributed by atoms with Gasteiger partial charge in [-0.25, -0.2) is 0 Å². The third-order valence-corrected chi connectivity index (χ3v) is 5.36. The Hall–Kier alpha value is -1.07. The zero-order valence-corrected chi connectivity index (χ0v) is 16.2. The Balaban J connectivity index is 3.35. The van der Waals surface area contributed by atoms with Crippen molar-refractivity contribution in [3.8, 4) is 5.75 Å². The highest BCUT2D eigenvalue weighted by molar-refractivity contribution is 7.54. The first-order valence-corrected chi connectivity index (χ1v) is 9.72. The molecular weight excluding hydrogens is 355 g/mol. The SMILES string of the molecule is COc1cccc([C@H](OC(=O)CCl)P(=O)(OC(C)C)OC(C)C)c1. The zero-order chi connectivity index (χ0) is 18.3. The molecule has 0 aliphatic carbocycles. The summed E-state index contributed by atoms with van der Waals surface area (Å²) < 4.78 is 35.0. The van der Waals surface area contributed by atoms with Gasteiger partial charge in [0.2, 0.25) is 5.85 Å². The van der Waals surface area contributed by atoms with Crippen LogP contribution in [-0.4, -0.2) is 31.2 Å². The van der Waals surface area contributed by atoms with E-state index in [4.69, 9.17) is 30.1 Å². The van der Waals surface area contributed by atoms with E-state index in [9.17, 15) is 9.36 Å². The number of esters is 1. The van der Waals surface area contributed by atoms with Crippen molar-refractivity contribution < 1.29 is 27.9 Å². The number of hydrogen-bond donors (Lipinski definition) is 0. The van der Waals surface area contributed by atoms with Crippen molar-refractivity contribution >= 4 is 25.2 Å². The highest BCUT2D eigenvalue weighted by Crippen LogP contribution is 2.63. The lowest BCUT2D eigenvalue weighted by atomic mass is 10.2. The molecule has 0 spiro atoms. The Morgan fingerprint density at radius 1 is 1.17 bits per heavy atom. The van der Waals surface area contributed by atoms with E-state index in [1.54, 1.807) is 52.0 Å². The number of benzene rings is 1. The average molecular weight is 379 g/mol. The Morgan fingerprint density at radius 2 is 1.75 bits per heavy atom. The molecule has 0 aliphatic heterocycles. The van der Waals surface area contributed by atoms with Crippen molar-refractivity contribution in [3.63, 3.8) is 0 Å². The molecule has 0 saturated carbocycles. The van der Waals surface area contributed by atoms with Crippen LogP contribution in [0.3, 0.4) is 0 Å². The standard InChI is InChI=1S/C16H24ClO6P/c1-11(2)22-24(19,23-12(3)4)16(21-15(18)10-17)13-7-6-8-14(9-13)20-5/h6-9,11-12,16H,10H2,1-5H3/t16-/m1/s1. The maximum atomic E-state index is 13.4. The first-order valence-electron chi connectivity index (χ1n) is 7.57. The summed E-state index contributed by atoms with van der Waals surface area (Å²) in [6, 6.07) is 6.70. The largest absolute Gasteiger partial charge is 0.497 e. The molecule has 24 heavy (non-hydrogen) atoms. The van der Waals surface area contributed by atoms with Crippen molar-refractivity contribution in [3.05, 3.63) is 29.8 Å². The van der Waals surface area contributed by atoms with Crippen molar-refractivity contribution in [2.75, 3.05) is 13.0 Å². The van der Waals surface area contributed by atoms with Gasteiger partial charge in [-0.15, -0.1) is 11.6 Å². The number of ether oxygens (including phenoxy) is 2. The molecule has 0 heterocycles. The maximum absolute atomic E-state index is 13.4. The number of rotatable bonds is 9. The van der Waals surface area contributed by atoms with Crippen LogP contribution in [0.2, 0.25) is 0 Å². The molecule has 0 aromatic heterocycles. The van der Waals surface area contributed by atoms with Gasteiger partial charge in [0.1, 0.15) is 11.6 Å². The third-order valence-electron chi connectivity index (χ3n) is 2.73. The van der Waals surface area contributed by atoms with Gasteiger partial charge in [0.15, 0.2) is 0 Å². The first kappa shape index (κ1) is 21.0. The minimum atomic E-state index is -3.82. The fourth-order valence-corrected chi connectivity index (χ4v) is 4.27. The number of carbonyl (C=O) groups is 1. The Kier molecular flexibility index (Phi) is 8.23. The van der Waals surface area contributed by atoms with E-state index in [1.807, 2.05) is 0 Å². The molecule has 1 atom stereocenters. The first-order chi connectivity index (χ1) is 11.2. The van der Waals surface area contributed by atoms with Crippen LogP contribution < -0.4 is 4.74 Å². The fourth-order valence-electron chi connectivity index (χ4n) is 1.99. The Labute approximate surface area is 147 Å². The molecule has 1 rings (SSSR count). The predicted octanol–water partition coefficient (Wildman–Crippen LogP) is 4.52. The molecule has 0 N–H and O–H groups in total. The van der Waals surface area contributed by atoms with E-state index in [2.05, 4.69) is 0 Å². The second-order valence-electron chi connectivity index (χ2n) is 5.60. The molecular formula is C16H24ClO6P. The smallest absolute Gasteiger partial charge is 0.376 e. The van der Waals surface area contributed by atoms with E-state index in [0.29, 0.717) is 11.3 Å².